The van der Waals surface area contributed by atoms with Gasteiger partial charge in [0.25, 0.3) is 0 Å². The Bertz CT molecular complexity index is 510. The topological polar surface area (TPSA) is 49.8 Å². The minimum absolute atomic E-state index is 0. The largest absolute Gasteiger partial charge is 0.326 e. The van der Waals surface area contributed by atoms with Crippen molar-refractivity contribution in [2.75, 3.05) is 0 Å². The second-order valence-electron chi connectivity index (χ2n) is 4.17. The Labute approximate surface area is 110 Å². The van der Waals surface area contributed by atoms with E-state index < -0.39 is 0 Å². The maximum atomic E-state index is 8.38. The Balaban J connectivity index is 0.000000324. The summed E-state index contributed by atoms with van der Waals surface area (Å²) >= 11 is 0. The molecule has 0 fully saturated rings. The first-order chi connectivity index (χ1) is 8.65. The Morgan fingerprint density at radius 3 is 1.78 bits per heavy atom. The van der Waals surface area contributed by atoms with Crippen molar-refractivity contribution in [2.45, 2.75) is 20.4 Å². The van der Waals surface area contributed by atoms with Crippen LogP contribution in [0.1, 0.15) is 23.7 Å². The molecule has 0 aliphatic carbocycles. The molecule has 0 aliphatic rings. The lowest BCUT2D eigenvalue weighted by atomic mass is 10.2. The number of hydrogen-bond acceptors (Lipinski definition) is 2. The van der Waals surface area contributed by atoms with Crippen LogP contribution >= 0.6 is 0 Å². The summed E-state index contributed by atoms with van der Waals surface area (Å²) in [5.41, 5.74) is 9.79. The van der Waals surface area contributed by atoms with E-state index in [9.17, 15) is 0 Å². The zero-order valence-corrected chi connectivity index (χ0v) is 10.9. The van der Waals surface area contributed by atoms with Gasteiger partial charge in [0.15, 0.2) is 0 Å². The number of benzene rings is 2. The molecule has 0 amide bonds. The monoisotopic (exact) mass is 240 g/mol. The highest BCUT2D eigenvalue weighted by molar-refractivity contribution is 5.30. The van der Waals surface area contributed by atoms with Crippen molar-refractivity contribution in [3.63, 3.8) is 0 Å². The molecule has 0 atom stereocenters. The molecule has 18 heavy (non-hydrogen) atoms. The van der Waals surface area contributed by atoms with Crippen LogP contribution in [0.3, 0.4) is 0 Å². The number of rotatable bonds is 1. The summed E-state index contributed by atoms with van der Waals surface area (Å²) in [5.74, 6) is 0. The highest BCUT2D eigenvalue weighted by Gasteiger charge is 1.85. The number of nitrogens with zero attached hydrogens (tertiary/aromatic N) is 1. The minimum atomic E-state index is 0. The average Bonchev–Trinajstić information content (AvgIpc) is 2.41. The number of hydrogen-bond donors (Lipinski definition) is 1. The van der Waals surface area contributed by atoms with Gasteiger partial charge in [0.2, 0.25) is 0 Å². The smallest absolute Gasteiger partial charge is 0.0991 e. The Morgan fingerprint density at radius 2 is 1.39 bits per heavy atom. The van der Waals surface area contributed by atoms with Crippen molar-refractivity contribution in [3.8, 4) is 6.07 Å². The van der Waals surface area contributed by atoms with Gasteiger partial charge >= 0.3 is 0 Å². The molecule has 2 nitrogen and oxygen atoms in total. The van der Waals surface area contributed by atoms with E-state index in [2.05, 4.69) is 37.3 Å². The lowest BCUT2D eigenvalue weighted by Crippen LogP contribution is -1.94. The quantitative estimate of drug-likeness (QED) is 0.828. The fourth-order valence-electron chi connectivity index (χ4n) is 1.35. The van der Waals surface area contributed by atoms with Gasteiger partial charge in [0.1, 0.15) is 0 Å². The van der Waals surface area contributed by atoms with E-state index in [1.807, 2.05) is 31.2 Å². The van der Waals surface area contributed by atoms with Crippen LogP contribution in [0.5, 0.6) is 0 Å². The third-order valence-corrected chi connectivity index (χ3v) is 2.54. The fourth-order valence-corrected chi connectivity index (χ4v) is 1.35. The van der Waals surface area contributed by atoms with Gasteiger partial charge in [-0.3, -0.25) is 0 Å². The lowest BCUT2D eigenvalue weighted by Gasteiger charge is -1.94. The van der Waals surface area contributed by atoms with E-state index in [1.165, 1.54) is 16.7 Å². The number of nitriles is 1. The second-order valence-corrected chi connectivity index (χ2v) is 4.17. The zero-order valence-electron chi connectivity index (χ0n) is 10.9. The molecule has 0 saturated carbocycles. The summed E-state index contributed by atoms with van der Waals surface area (Å²) in [4.78, 5) is 0. The molecular weight excluding hydrogens is 220 g/mol. The molecular formula is C16H20N2. The molecule has 0 unspecified atom stereocenters. The standard InChI is InChI=1S/C8H11N.C8H7N.H2/c2*1-7-2-4-8(6-9)5-3-7;/h2-5H,6,9H2,1H3;2-5H,1H3;1H. The van der Waals surface area contributed by atoms with Crippen molar-refractivity contribution in [1.82, 2.24) is 0 Å². The van der Waals surface area contributed by atoms with Crippen LogP contribution in [-0.2, 0) is 6.54 Å². The van der Waals surface area contributed by atoms with Gasteiger partial charge < -0.3 is 5.73 Å². The van der Waals surface area contributed by atoms with Crippen molar-refractivity contribution in [1.29, 1.82) is 5.26 Å². The Hall–Kier alpha value is -2.11. The maximum absolute atomic E-state index is 8.38. The van der Waals surface area contributed by atoms with Crippen LogP contribution < -0.4 is 5.73 Å². The zero-order chi connectivity index (χ0) is 13.4. The van der Waals surface area contributed by atoms with Crippen molar-refractivity contribution in [2.24, 2.45) is 5.73 Å². The first-order valence-corrected chi connectivity index (χ1v) is 5.88. The van der Waals surface area contributed by atoms with Gasteiger partial charge in [0.05, 0.1) is 11.6 Å². The summed E-state index contributed by atoms with van der Waals surface area (Å²) in [6, 6.07) is 17.8. The van der Waals surface area contributed by atoms with Gasteiger partial charge in [-0.05, 0) is 31.5 Å². The van der Waals surface area contributed by atoms with Crippen LogP contribution in [0.2, 0.25) is 0 Å². The predicted octanol–water partition coefficient (Wildman–Crippen LogP) is 3.57. The van der Waals surface area contributed by atoms with Gasteiger partial charge in [0, 0.05) is 7.97 Å². The predicted molar refractivity (Wildman–Crippen MR) is 77.1 cm³/mol. The van der Waals surface area contributed by atoms with Crippen molar-refractivity contribution >= 4 is 0 Å². The molecule has 0 heterocycles. The van der Waals surface area contributed by atoms with E-state index in [4.69, 9.17) is 11.0 Å². The third-order valence-electron chi connectivity index (χ3n) is 2.54. The number of aryl methyl sites for hydroxylation is 2. The van der Waals surface area contributed by atoms with E-state index in [0.29, 0.717) is 6.54 Å². The average molecular weight is 240 g/mol. The summed E-state index contributed by atoms with van der Waals surface area (Å²) in [5, 5.41) is 8.38. The summed E-state index contributed by atoms with van der Waals surface area (Å²) in [6.45, 7) is 4.71. The molecule has 0 aromatic heterocycles. The molecule has 2 aromatic rings. The summed E-state index contributed by atoms with van der Waals surface area (Å²) in [6.07, 6.45) is 0. The fraction of sp³-hybridized carbons (Fsp3) is 0.188. The van der Waals surface area contributed by atoms with Crippen LogP contribution in [0.4, 0.5) is 0 Å². The molecule has 2 heteroatoms. The third kappa shape index (κ3) is 4.82. The maximum Gasteiger partial charge on any atom is 0.0991 e. The van der Waals surface area contributed by atoms with Crippen LogP contribution in [0.25, 0.3) is 0 Å². The van der Waals surface area contributed by atoms with Crippen LogP contribution in [0.15, 0.2) is 48.5 Å². The molecule has 2 rings (SSSR count). The first kappa shape index (κ1) is 14.0. The van der Waals surface area contributed by atoms with E-state index in [1.54, 1.807) is 0 Å². The SMILES string of the molecule is Cc1ccc(C#N)cc1.Cc1ccc(CN)cc1.[HH]. The second kappa shape index (κ2) is 7.26. The van der Waals surface area contributed by atoms with Crippen molar-refractivity contribution in [3.05, 3.63) is 70.8 Å². The molecule has 0 saturated heterocycles. The first-order valence-electron chi connectivity index (χ1n) is 5.88. The normalized spacial score (nSPS) is 9.00. The Morgan fingerprint density at radius 1 is 0.944 bits per heavy atom. The van der Waals surface area contributed by atoms with Gasteiger partial charge in [-0.15, -0.1) is 0 Å². The van der Waals surface area contributed by atoms with E-state index in [0.717, 1.165) is 5.56 Å². The summed E-state index contributed by atoms with van der Waals surface area (Å²) < 4.78 is 0. The Kier molecular flexibility index (Phi) is 5.63. The molecule has 2 aromatic carbocycles. The molecule has 0 radical (unpaired) electrons. The number of nitrogens with two attached hydrogens (primary N) is 1. The van der Waals surface area contributed by atoms with Gasteiger partial charge in [-0.2, -0.15) is 5.26 Å². The van der Waals surface area contributed by atoms with E-state index >= 15 is 0 Å². The highest BCUT2D eigenvalue weighted by atomic mass is 14.5. The van der Waals surface area contributed by atoms with Crippen LogP contribution in [-0.4, -0.2) is 0 Å². The molecule has 94 valence electrons. The lowest BCUT2D eigenvalue weighted by molar-refractivity contribution is 1.07. The molecule has 0 spiro atoms. The molecule has 0 bridgehead atoms. The van der Waals surface area contributed by atoms with E-state index in [-0.39, 0.29) is 1.43 Å². The van der Waals surface area contributed by atoms with Crippen molar-refractivity contribution < 1.29 is 1.43 Å². The molecule has 2 N–H and O–H groups in total. The van der Waals surface area contributed by atoms with Gasteiger partial charge in [-0.1, -0.05) is 47.5 Å². The molecule has 0 aliphatic heterocycles. The summed E-state index contributed by atoms with van der Waals surface area (Å²) in [7, 11) is 0. The van der Waals surface area contributed by atoms with Crippen LogP contribution in [0, 0.1) is 25.2 Å². The van der Waals surface area contributed by atoms with Gasteiger partial charge in [-0.25, -0.2) is 0 Å². The highest BCUT2D eigenvalue weighted by Crippen LogP contribution is 2.01. The minimum Gasteiger partial charge on any atom is -0.326 e.